The smallest absolute Gasteiger partial charge is 0.317 e. The molecule has 1 heterocycles. The Morgan fingerprint density at radius 1 is 1.21 bits per heavy atom. The minimum Gasteiger partial charge on any atom is -0.508 e. The van der Waals surface area contributed by atoms with Crippen LogP contribution in [0.5, 0.6) is 5.75 Å². The van der Waals surface area contributed by atoms with E-state index in [4.69, 9.17) is 4.52 Å². The first-order chi connectivity index (χ1) is 13.9. The van der Waals surface area contributed by atoms with Gasteiger partial charge in [-0.15, -0.1) is 0 Å². The Bertz CT molecular complexity index is 871. The van der Waals surface area contributed by atoms with Gasteiger partial charge >= 0.3 is 5.97 Å². The molecule has 1 aliphatic carbocycles. The quantitative estimate of drug-likeness (QED) is 0.557. The van der Waals surface area contributed by atoms with Crippen LogP contribution in [0, 0.1) is 0 Å². The van der Waals surface area contributed by atoms with E-state index in [0.717, 1.165) is 24.0 Å². The first-order valence-corrected chi connectivity index (χ1v) is 10.2. The Morgan fingerprint density at radius 2 is 1.86 bits per heavy atom. The number of aromatic nitrogens is 1. The summed E-state index contributed by atoms with van der Waals surface area (Å²) in [5.74, 6) is -0.197. The molecule has 1 aromatic carbocycles. The predicted octanol–water partition coefficient (Wildman–Crippen LogP) is 6.03. The van der Waals surface area contributed by atoms with E-state index in [2.05, 4.69) is 37.2 Å². The number of carboxylic acid groups (broad SMARTS) is 1. The molecule has 3 rings (SSSR count). The summed E-state index contributed by atoms with van der Waals surface area (Å²) in [5, 5.41) is 23.3. The first kappa shape index (κ1) is 22.5. The normalized spacial score (nSPS) is 15.1. The number of nitrogens with zero attached hydrogens (tertiary/aromatic N) is 1. The molecule has 156 valence electrons. The molecule has 0 aliphatic heterocycles. The molecule has 1 aliphatic rings. The van der Waals surface area contributed by atoms with Gasteiger partial charge in [-0.05, 0) is 70.2 Å². The molecule has 5 heteroatoms. The minimum absolute atomic E-state index is 0.177. The number of phenolic OH excluding ortho intramolecular Hbond substituents is 1. The molecule has 29 heavy (non-hydrogen) atoms. The Balaban J connectivity index is 0.000000537. The SMILES string of the molecule is C/C=C(\CC)Cc1c(-c2ccc(O)cc2)noc1C1(C(=O)O)CC1.C/C=C\CC. The highest BCUT2D eigenvalue weighted by Gasteiger charge is 2.56. The summed E-state index contributed by atoms with van der Waals surface area (Å²) >= 11 is 0. The van der Waals surface area contributed by atoms with Crippen molar-refractivity contribution in [2.45, 2.75) is 65.2 Å². The molecular formula is C24H31NO4. The number of carbonyl (C=O) groups is 1. The molecule has 2 aromatic rings. The summed E-state index contributed by atoms with van der Waals surface area (Å²) in [5.41, 5.74) is 2.59. The number of hydrogen-bond donors (Lipinski definition) is 2. The fourth-order valence-corrected chi connectivity index (χ4v) is 3.25. The molecular weight excluding hydrogens is 366 g/mol. The van der Waals surface area contributed by atoms with Crippen LogP contribution < -0.4 is 0 Å². The van der Waals surface area contributed by atoms with Gasteiger partial charge in [-0.2, -0.15) is 0 Å². The van der Waals surface area contributed by atoms with Gasteiger partial charge in [0.15, 0.2) is 5.76 Å². The van der Waals surface area contributed by atoms with Crippen molar-refractivity contribution >= 4 is 5.97 Å². The maximum Gasteiger partial charge on any atom is 0.317 e. The fraction of sp³-hybridized carbons (Fsp3) is 0.417. The zero-order valence-electron chi connectivity index (χ0n) is 17.7. The average molecular weight is 398 g/mol. The molecule has 0 radical (unpaired) electrons. The lowest BCUT2D eigenvalue weighted by Gasteiger charge is -2.11. The number of rotatable bonds is 7. The van der Waals surface area contributed by atoms with E-state index < -0.39 is 11.4 Å². The molecule has 0 spiro atoms. The van der Waals surface area contributed by atoms with Crippen LogP contribution in [0.25, 0.3) is 11.3 Å². The molecule has 0 saturated heterocycles. The third-order valence-electron chi connectivity index (χ3n) is 5.26. The lowest BCUT2D eigenvalue weighted by Crippen LogP contribution is -2.20. The molecule has 0 bridgehead atoms. The Kier molecular flexibility index (Phi) is 7.82. The van der Waals surface area contributed by atoms with Gasteiger partial charge in [0.2, 0.25) is 0 Å². The van der Waals surface area contributed by atoms with E-state index in [9.17, 15) is 15.0 Å². The second-order valence-electron chi connectivity index (χ2n) is 7.23. The Morgan fingerprint density at radius 3 is 2.28 bits per heavy atom. The summed E-state index contributed by atoms with van der Waals surface area (Å²) in [4.78, 5) is 11.7. The van der Waals surface area contributed by atoms with Crippen LogP contribution in [0.2, 0.25) is 0 Å². The second-order valence-corrected chi connectivity index (χ2v) is 7.23. The molecule has 0 atom stereocenters. The van der Waals surface area contributed by atoms with Crippen molar-refractivity contribution in [3.05, 3.63) is 59.4 Å². The number of carboxylic acids is 1. The predicted molar refractivity (Wildman–Crippen MR) is 115 cm³/mol. The molecule has 0 unspecified atom stereocenters. The number of allylic oxidation sites excluding steroid dienone is 4. The van der Waals surface area contributed by atoms with Crippen molar-refractivity contribution in [1.29, 1.82) is 0 Å². The minimum atomic E-state index is -0.926. The maximum atomic E-state index is 11.7. The number of phenols is 1. The van der Waals surface area contributed by atoms with Crippen LogP contribution >= 0.6 is 0 Å². The van der Waals surface area contributed by atoms with Crippen molar-refractivity contribution in [3.8, 4) is 17.0 Å². The van der Waals surface area contributed by atoms with Crippen molar-refractivity contribution in [3.63, 3.8) is 0 Å². The summed E-state index contributed by atoms with van der Waals surface area (Å²) in [7, 11) is 0. The van der Waals surface area contributed by atoms with Crippen LogP contribution in [0.15, 0.2) is 52.6 Å². The lowest BCUT2D eigenvalue weighted by molar-refractivity contribution is -0.140. The molecule has 1 aromatic heterocycles. The van der Waals surface area contributed by atoms with Crippen LogP contribution in [-0.4, -0.2) is 21.3 Å². The van der Waals surface area contributed by atoms with Crippen molar-refractivity contribution in [2.75, 3.05) is 0 Å². The van der Waals surface area contributed by atoms with Gasteiger partial charge in [-0.3, -0.25) is 4.79 Å². The lowest BCUT2D eigenvalue weighted by atomic mass is 9.91. The highest BCUT2D eigenvalue weighted by Crippen LogP contribution is 2.51. The van der Waals surface area contributed by atoms with Gasteiger partial charge in [-0.25, -0.2) is 0 Å². The van der Waals surface area contributed by atoms with Crippen molar-refractivity contribution in [2.24, 2.45) is 0 Å². The molecule has 0 amide bonds. The van der Waals surface area contributed by atoms with Crippen LogP contribution in [0.3, 0.4) is 0 Å². The fourth-order valence-electron chi connectivity index (χ4n) is 3.25. The van der Waals surface area contributed by atoms with Crippen LogP contribution in [0.4, 0.5) is 0 Å². The molecule has 1 saturated carbocycles. The number of aliphatic carboxylic acids is 1. The van der Waals surface area contributed by atoms with Crippen molar-refractivity contribution in [1.82, 2.24) is 5.16 Å². The standard InChI is InChI=1S/C19H21NO4.C5H10/c1-3-12(4-2)11-15-16(13-5-7-14(21)8-6-13)20-24-17(15)19(9-10-19)18(22)23;1-3-5-4-2/h3,5-8,21H,4,9-11H2,1-2H3,(H,22,23);3,5H,4H2,1-2H3/b12-3+;5-3-. The Hall–Kier alpha value is -2.82. The molecule has 5 nitrogen and oxygen atoms in total. The van der Waals surface area contributed by atoms with Gasteiger partial charge in [0.1, 0.15) is 16.9 Å². The summed E-state index contributed by atoms with van der Waals surface area (Å²) in [6.07, 6.45) is 10.1. The molecule has 2 N–H and O–H groups in total. The van der Waals surface area contributed by atoms with E-state index in [1.54, 1.807) is 24.3 Å². The third kappa shape index (κ3) is 5.17. The van der Waals surface area contributed by atoms with Gasteiger partial charge in [0.05, 0.1) is 0 Å². The summed E-state index contributed by atoms with van der Waals surface area (Å²) < 4.78 is 5.54. The topological polar surface area (TPSA) is 83.6 Å². The van der Waals surface area contributed by atoms with E-state index >= 15 is 0 Å². The van der Waals surface area contributed by atoms with E-state index in [0.29, 0.717) is 30.7 Å². The summed E-state index contributed by atoms with van der Waals surface area (Å²) in [6, 6.07) is 6.71. The average Bonchev–Trinajstić information content (AvgIpc) is 3.43. The van der Waals surface area contributed by atoms with Crippen LogP contribution in [0.1, 0.15) is 64.7 Å². The largest absolute Gasteiger partial charge is 0.508 e. The number of aromatic hydroxyl groups is 1. The van der Waals surface area contributed by atoms with E-state index in [1.807, 2.05) is 13.8 Å². The Labute approximate surface area is 172 Å². The summed E-state index contributed by atoms with van der Waals surface area (Å²) in [6.45, 7) is 8.21. The zero-order chi connectivity index (χ0) is 21.4. The monoisotopic (exact) mass is 397 g/mol. The highest BCUT2D eigenvalue weighted by atomic mass is 16.5. The van der Waals surface area contributed by atoms with Gasteiger partial charge in [0, 0.05) is 11.1 Å². The van der Waals surface area contributed by atoms with Gasteiger partial charge in [0.25, 0.3) is 0 Å². The number of hydrogen-bond acceptors (Lipinski definition) is 4. The van der Waals surface area contributed by atoms with Gasteiger partial charge < -0.3 is 14.7 Å². The van der Waals surface area contributed by atoms with Crippen LogP contribution in [-0.2, 0) is 16.6 Å². The zero-order valence-corrected chi connectivity index (χ0v) is 17.7. The highest BCUT2D eigenvalue weighted by molar-refractivity contribution is 5.85. The maximum absolute atomic E-state index is 11.7. The molecule has 1 fully saturated rings. The third-order valence-corrected chi connectivity index (χ3v) is 5.26. The van der Waals surface area contributed by atoms with E-state index in [-0.39, 0.29) is 5.75 Å². The first-order valence-electron chi connectivity index (χ1n) is 10.2. The number of benzene rings is 1. The van der Waals surface area contributed by atoms with Crippen molar-refractivity contribution < 1.29 is 19.5 Å². The van der Waals surface area contributed by atoms with Gasteiger partial charge in [-0.1, -0.05) is 42.8 Å². The van der Waals surface area contributed by atoms with E-state index in [1.165, 1.54) is 5.57 Å². The second kappa shape index (κ2) is 10.1.